The van der Waals surface area contributed by atoms with E-state index in [4.69, 9.17) is 15.6 Å². The molecule has 2 rings (SSSR count). The van der Waals surface area contributed by atoms with Crippen molar-refractivity contribution in [1.82, 2.24) is 0 Å². The smallest absolute Gasteiger partial charge is 0.305 e. The standard InChI is InChI=1S/C12H14N2O4/c1-6-12(17)14-9-3-2-7(4-10(9)18-6)8(13)5-11(15)16/h2-4,6,8H,5,13H2,1H3,(H,14,17)(H,15,16). The molecule has 0 saturated carbocycles. The third-order valence-electron chi connectivity index (χ3n) is 2.76. The van der Waals surface area contributed by atoms with E-state index >= 15 is 0 Å². The lowest BCUT2D eigenvalue weighted by Gasteiger charge is -2.24. The molecule has 18 heavy (non-hydrogen) atoms. The van der Waals surface area contributed by atoms with Crippen LogP contribution in [0.1, 0.15) is 24.9 Å². The minimum Gasteiger partial charge on any atom is -0.481 e. The molecular weight excluding hydrogens is 236 g/mol. The topological polar surface area (TPSA) is 102 Å². The molecule has 96 valence electrons. The Morgan fingerprint density at radius 1 is 1.61 bits per heavy atom. The fraction of sp³-hybridized carbons (Fsp3) is 0.333. The second kappa shape index (κ2) is 4.66. The van der Waals surface area contributed by atoms with Gasteiger partial charge in [-0.15, -0.1) is 0 Å². The number of amides is 1. The monoisotopic (exact) mass is 250 g/mol. The number of carboxylic acid groups (broad SMARTS) is 1. The zero-order valence-electron chi connectivity index (χ0n) is 9.84. The summed E-state index contributed by atoms with van der Waals surface area (Å²) >= 11 is 0. The van der Waals surface area contributed by atoms with Crippen LogP contribution in [0.5, 0.6) is 5.75 Å². The lowest BCUT2D eigenvalue weighted by molar-refractivity contribution is -0.137. The van der Waals surface area contributed by atoms with Crippen molar-refractivity contribution in [1.29, 1.82) is 0 Å². The summed E-state index contributed by atoms with van der Waals surface area (Å²) in [7, 11) is 0. The van der Waals surface area contributed by atoms with Crippen molar-refractivity contribution < 1.29 is 19.4 Å². The summed E-state index contributed by atoms with van der Waals surface area (Å²) < 4.78 is 5.42. The quantitative estimate of drug-likeness (QED) is 0.739. The average molecular weight is 250 g/mol. The third-order valence-corrected chi connectivity index (χ3v) is 2.76. The molecule has 0 radical (unpaired) electrons. The van der Waals surface area contributed by atoms with Gasteiger partial charge in [-0.3, -0.25) is 9.59 Å². The lowest BCUT2D eigenvalue weighted by Crippen LogP contribution is -2.34. The summed E-state index contributed by atoms with van der Waals surface area (Å²) in [5.74, 6) is -0.645. The Morgan fingerprint density at radius 2 is 2.33 bits per heavy atom. The lowest BCUT2D eigenvalue weighted by atomic mass is 10.0. The van der Waals surface area contributed by atoms with E-state index in [0.717, 1.165) is 0 Å². The Morgan fingerprint density at radius 3 is 3.00 bits per heavy atom. The maximum absolute atomic E-state index is 11.4. The van der Waals surface area contributed by atoms with Crippen molar-refractivity contribution in [2.24, 2.45) is 5.73 Å². The van der Waals surface area contributed by atoms with Crippen LogP contribution in [-0.4, -0.2) is 23.1 Å². The van der Waals surface area contributed by atoms with Crippen LogP contribution in [0.2, 0.25) is 0 Å². The number of benzene rings is 1. The van der Waals surface area contributed by atoms with Crippen LogP contribution in [0, 0.1) is 0 Å². The Hall–Kier alpha value is -2.08. The van der Waals surface area contributed by atoms with Gasteiger partial charge in [-0.05, 0) is 24.6 Å². The Labute approximate surface area is 104 Å². The van der Waals surface area contributed by atoms with Gasteiger partial charge < -0.3 is 20.9 Å². The van der Waals surface area contributed by atoms with E-state index < -0.39 is 18.1 Å². The molecule has 1 aromatic carbocycles. The first kappa shape index (κ1) is 12.4. The molecule has 0 bridgehead atoms. The Bertz CT molecular complexity index is 501. The molecule has 6 heteroatoms. The highest BCUT2D eigenvalue weighted by Gasteiger charge is 2.24. The fourth-order valence-electron chi connectivity index (χ4n) is 1.75. The fourth-order valence-corrected chi connectivity index (χ4v) is 1.75. The summed E-state index contributed by atoms with van der Waals surface area (Å²) in [6.07, 6.45) is -0.718. The SMILES string of the molecule is CC1Oc2cc(C(N)CC(=O)O)ccc2NC1=O. The van der Waals surface area contributed by atoms with Crippen molar-refractivity contribution in [3.05, 3.63) is 23.8 Å². The Balaban J connectivity index is 2.24. The van der Waals surface area contributed by atoms with Gasteiger partial charge in [0.15, 0.2) is 6.10 Å². The minimum atomic E-state index is -0.956. The molecular formula is C12H14N2O4. The van der Waals surface area contributed by atoms with Crippen LogP contribution in [0.3, 0.4) is 0 Å². The molecule has 2 atom stereocenters. The van der Waals surface area contributed by atoms with Gasteiger partial charge >= 0.3 is 5.97 Å². The number of fused-ring (bicyclic) bond motifs is 1. The first-order chi connectivity index (χ1) is 8.47. The molecule has 6 nitrogen and oxygen atoms in total. The van der Waals surface area contributed by atoms with E-state index in [9.17, 15) is 9.59 Å². The summed E-state index contributed by atoms with van der Waals surface area (Å²) in [6.45, 7) is 1.64. The van der Waals surface area contributed by atoms with Crippen LogP contribution in [0.15, 0.2) is 18.2 Å². The Kier molecular flexibility index (Phi) is 3.20. The van der Waals surface area contributed by atoms with Crippen LogP contribution in [0.25, 0.3) is 0 Å². The van der Waals surface area contributed by atoms with Crippen molar-refractivity contribution in [2.45, 2.75) is 25.5 Å². The van der Waals surface area contributed by atoms with Crippen LogP contribution in [-0.2, 0) is 9.59 Å². The van der Waals surface area contributed by atoms with Crippen molar-refractivity contribution >= 4 is 17.6 Å². The van der Waals surface area contributed by atoms with Gasteiger partial charge in [-0.25, -0.2) is 0 Å². The zero-order chi connectivity index (χ0) is 13.3. The van der Waals surface area contributed by atoms with E-state index in [1.54, 1.807) is 25.1 Å². The molecule has 4 N–H and O–H groups in total. The predicted molar refractivity (Wildman–Crippen MR) is 64.3 cm³/mol. The van der Waals surface area contributed by atoms with Crippen molar-refractivity contribution in [3.8, 4) is 5.75 Å². The second-order valence-electron chi connectivity index (χ2n) is 4.21. The van der Waals surface area contributed by atoms with E-state index in [2.05, 4.69) is 5.32 Å². The number of ether oxygens (including phenoxy) is 1. The van der Waals surface area contributed by atoms with Gasteiger partial charge in [0.1, 0.15) is 5.75 Å². The van der Waals surface area contributed by atoms with Gasteiger partial charge in [0.05, 0.1) is 12.1 Å². The van der Waals surface area contributed by atoms with E-state index in [1.807, 2.05) is 0 Å². The zero-order valence-corrected chi connectivity index (χ0v) is 9.84. The van der Waals surface area contributed by atoms with Crippen LogP contribution < -0.4 is 15.8 Å². The molecule has 0 saturated heterocycles. The highest BCUT2D eigenvalue weighted by Crippen LogP contribution is 2.32. The molecule has 1 aromatic rings. The summed E-state index contributed by atoms with van der Waals surface area (Å²) in [5, 5.41) is 11.4. The summed E-state index contributed by atoms with van der Waals surface area (Å²) in [6, 6.07) is 4.42. The number of carboxylic acids is 1. The highest BCUT2D eigenvalue weighted by molar-refractivity contribution is 5.97. The number of hydrogen-bond donors (Lipinski definition) is 3. The maximum Gasteiger partial charge on any atom is 0.305 e. The van der Waals surface area contributed by atoms with Crippen molar-refractivity contribution in [2.75, 3.05) is 5.32 Å². The molecule has 2 unspecified atom stereocenters. The van der Waals surface area contributed by atoms with E-state index in [0.29, 0.717) is 17.0 Å². The molecule has 1 aliphatic rings. The second-order valence-corrected chi connectivity index (χ2v) is 4.21. The minimum absolute atomic E-state index is 0.152. The number of nitrogens with one attached hydrogen (secondary N) is 1. The highest BCUT2D eigenvalue weighted by atomic mass is 16.5. The first-order valence-electron chi connectivity index (χ1n) is 5.56. The van der Waals surface area contributed by atoms with Gasteiger partial charge in [-0.2, -0.15) is 0 Å². The van der Waals surface area contributed by atoms with Gasteiger partial charge in [0.25, 0.3) is 5.91 Å². The molecule has 1 aliphatic heterocycles. The molecule has 0 aromatic heterocycles. The predicted octanol–water partition coefficient (Wildman–Crippen LogP) is 0.880. The molecule has 1 heterocycles. The molecule has 1 amide bonds. The number of anilines is 1. The molecule has 0 fully saturated rings. The van der Waals surface area contributed by atoms with E-state index in [-0.39, 0.29) is 12.3 Å². The van der Waals surface area contributed by atoms with Gasteiger partial charge in [-0.1, -0.05) is 6.07 Å². The number of carbonyl (C=O) groups excluding carboxylic acids is 1. The third kappa shape index (κ3) is 2.43. The molecule has 0 aliphatic carbocycles. The number of carbonyl (C=O) groups is 2. The average Bonchev–Trinajstić information content (AvgIpc) is 2.29. The number of rotatable bonds is 3. The van der Waals surface area contributed by atoms with Crippen molar-refractivity contribution in [3.63, 3.8) is 0 Å². The first-order valence-corrected chi connectivity index (χ1v) is 5.56. The number of hydrogen-bond acceptors (Lipinski definition) is 4. The van der Waals surface area contributed by atoms with E-state index in [1.165, 1.54) is 0 Å². The normalized spacial score (nSPS) is 19.4. The molecule has 0 spiro atoms. The van der Waals surface area contributed by atoms with Crippen LogP contribution in [0.4, 0.5) is 5.69 Å². The van der Waals surface area contributed by atoms with Gasteiger partial charge in [0, 0.05) is 6.04 Å². The number of nitrogens with two attached hydrogens (primary N) is 1. The van der Waals surface area contributed by atoms with Gasteiger partial charge in [0.2, 0.25) is 0 Å². The maximum atomic E-state index is 11.4. The van der Waals surface area contributed by atoms with Crippen LogP contribution >= 0.6 is 0 Å². The number of aliphatic carboxylic acids is 1. The summed E-state index contributed by atoms with van der Waals surface area (Å²) in [5.41, 5.74) is 7.01. The summed E-state index contributed by atoms with van der Waals surface area (Å²) in [4.78, 5) is 22.0. The largest absolute Gasteiger partial charge is 0.481 e.